The zero-order valence-corrected chi connectivity index (χ0v) is 7.85. The first kappa shape index (κ1) is 9.03. The van der Waals surface area contributed by atoms with Crippen molar-refractivity contribution in [3.63, 3.8) is 0 Å². The Balaban J connectivity index is 2.04. The monoisotopic (exact) mass is 184 g/mol. The molecule has 0 spiro atoms. The summed E-state index contributed by atoms with van der Waals surface area (Å²) in [5, 5.41) is 9.20. The minimum Gasteiger partial charge on any atom is -0.505 e. The second-order valence-electron chi connectivity index (χ2n) is 3.78. The predicted octanol–water partition coefficient (Wildman–Crippen LogP) is 0.932. The van der Waals surface area contributed by atoms with Crippen LogP contribution >= 0.6 is 0 Å². The van der Waals surface area contributed by atoms with Crippen molar-refractivity contribution < 1.29 is 14.6 Å². The van der Waals surface area contributed by atoms with Crippen molar-refractivity contribution in [1.29, 1.82) is 0 Å². The second-order valence-corrected chi connectivity index (χ2v) is 3.78. The van der Waals surface area contributed by atoms with Gasteiger partial charge in [-0.15, -0.1) is 0 Å². The number of rotatable bonds is 3. The van der Waals surface area contributed by atoms with Crippen LogP contribution in [-0.2, 0) is 9.47 Å². The molecule has 4 unspecified atom stereocenters. The van der Waals surface area contributed by atoms with E-state index in [1.807, 2.05) is 6.08 Å². The summed E-state index contributed by atoms with van der Waals surface area (Å²) in [6, 6.07) is 0. The van der Waals surface area contributed by atoms with Crippen LogP contribution in [0.15, 0.2) is 12.3 Å². The van der Waals surface area contributed by atoms with Gasteiger partial charge < -0.3 is 14.6 Å². The number of hydrogen-bond donors (Lipinski definition) is 1. The van der Waals surface area contributed by atoms with Crippen molar-refractivity contribution in [2.75, 3.05) is 13.7 Å². The Labute approximate surface area is 78.3 Å². The first-order valence-corrected chi connectivity index (χ1v) is 4.82. The van der Waals surface area contributed by atoms with Crippen molar-refractivity contribution in [1.82, 2.24) is 0 Å². The van der Waals surface area contributed by atoms with Crippen LogP contribution in [0, 0.1) is 11.8 Å². The average molecular weight is 184 g/mol. The molecule has 3 heteroatoms. The van der Waals surface area contributed by atoms with Gasteiger partial charge in [-0.05, 0) is 18.9 Å². The summed E-state index contributed by atoms with van der Waals surface area (Å²) in [4.78, 5) is 0. The zero-order valence-electron chi connectivity index (χ0n) is 7.85. The first-order valence-electron chi connectivity index (χ1n) is 4.82. The summed E-state index contributed by atoms with van der Waals surface area (Å²) >= 11 is 0. The zero-order chi connectivity index (χ0) is 9.26. The molecule has 1 N–H and O–H groups in total. The molecule has 0 radical (unpaired) electrons. The third kappa shape index (κ3) is 1.46. The van der Waals surface area contributed by atoms with E-state index >= 15 is 0 Å². The van der Waals surface area contributed by atoms with E-state index in [9.17, 15) is 5.11 Å². The second kappa shape index (κ2) is 3.68. The number of hydrogen-bond acceptors (Lipinski definition) is 3. The molecule has 2 rings (SSSR count). The SMILES string of the molecule is CO/C=C/C1C2CCC(O2)C1CO. The summed E-state index contributed by atoms with van der Waals surface area (Å²) in [5.74, 6) is 0.633. The lowest BCUT2D eigenvalue weighted by Crippen LogP contribution is -2.28. The van der Waals surface area contributed by atoms with Gasteiger partial charge in [0.05, 0.1) is 25.6 Å². The van der Waals surface area contributed by atoms with E-state index in [1.165, 1.54) is 0 Å². The summed E-state index contributed by atoms with van der Waals surface area (Å²) in [6.07, 6.45) is 6.53. The Morgan fingerprint density at radius 3 is 2.92 bits per heavy atom. The number of fused-ring (bicyclic) bond motifs is 2. The van der Waals surface area contributed by atoms with E-state index in [1.54, 1.807) is 13.4 Å². The molecule has 2 aliphatic heterocycles. The standard InChI is InChI=1S/C10H16O3/c1-12-5-4-7-8(6-11)10-3-2-9(7)13-10/h4-5,7-11H,2-3,6H2,1H3/b5-4+. The lowest BCUT2D eigenvalue weighted by molar-refractivity contribution is 0.0790. The van der Waals surface area contributed by atoms with E-state index in [4.69, 9.17) is 9.47 Å². The lowest BCUT2D eigenvalue weighted by atomic mass is 9.80. The van der Waals surface area contributed by atoms with Crippen LogP contribution in [0.4, 0.5) is 0 Å². The van der Waals surface area contributed by atoms with E-state index < -0.39 is 0 Å². The van der Waals surface area contributed by atoms with Gasteiger partial charge in [0.1, 0.15) is 0 Å². The Morgan fingerprint density at radius 2 is 2.23 bits per heavy atom. The Morgan fingerprint density at radius 1 is 1.46 bits per heavy atom. The van der Waals surface area contributed by atoms with E-state index in [0.29, 0.717) is 12.0 Å². The summed E-state index contributed by atoms with van der Waals surface area (Å²) < 4.78 is 10.6. The number of ether oxygens (including phenoxy) is 2. The molecule has 2 fully saturated rings. The van der Waals surface area contributed by atoms with Gasteiger partial charge >= 0.3 is 0 Å². The highest BCUT2D eigenvalue weighted by Gasteiger charge is 2.47. The third-order valence-corrected chi connectivity index (χ3v) is 3.13. The summed E-state index contributed by atoms with van der Waals surface area (Å²) in [5.41, 5.74) is 0. The predicted molar refractivity (Wildman–Crippen MR) is 48.1 cm³/mol. The average Bonchev–Trinajstić information content (AvgIpc) is 2.73. The molecule has 0 amide bonds. The molecule has 2 aliphatic rings. The van der Waals surface area contributed by atoms with Gasteiger partial charge in [-0.2, -0.15) is 0 Å². The molecule has 0 aliphatic carbocycles. The van der Waals surface area contributed by atoms with Crippen LogP contribution in [0.2, 0.25) is 0 Å². The maximum Gasteiger partial charge on any atom is 0.0788 e. The van der Waals surface area contributed by atoms with Gasteiger partial charge in [0.15, 0.2) is 0 Å². The van der Waals surface area contributed by atoms with Gasteiger partial charge in [-0.25, -0.2) is 0 Å². The molecule has 2 bridgehead atoms. The first-order chi connectivity index (χ1) is 6.36. The summed E-state index contributed by atoms with van der Waals surface area (Å²) in [7, 11) is 1.64. The third-order valence-electron chi connectivity index (χ3n) is 3.13. The van der Waals surface area contributed by atoms with Gasteiger partial charge in [-0.3, -0.25) is 0 Å². The van der Waals surface area contributed by atoms with Crippen molar-refractivity contribution in [2.24, 2.45) is 11.8 Å². The molecule has 2 saturated heterocycles. The van der Waals surface area contributed by atoms with Crippen LogP contribution in [0.25, 0.3) is 0 Å². The maximum atomic E-state index is 9.20. The minimum atomic E-state index is 0.222. The van der Waals surface area contributed by atoms with Crippen molar-refractivity contribution in [3.8, 4) is 0 Å². The van der Waals surface area contributed by atoms with E-state index in [-0.39, 0.29) is 18.6 Å². The molecular formula is C10H16O3. The van der Waals surface area contributed by atoms with Crippen molar-refractivity contribution >= 4 is 0 Å². The van der Waals surface area contributed by atoms with Gasteiger partial charge in [0, 0.05) is 18.4 Å². The normalized spacial score (nSPS) is 43.2. The highest BCUT2D eigenvalue weighted by molar-refractivity contribution is 5.03. The largest absolute Gasteiger partial charge is 0.505 e. The van der Waals surface area contributed by atoms with Crippen LogP contribution in [-0.4, -0.2) is 31.0 Å². The number of aliphatic hydroxyl groups excluding tert-OH is 1. The molecule has 2 heterocycles. The topological polar surface area (TPSA) is 38.7 Å². The van der Waals surface area contributed by atoms with Gasteiger partial charge in [0.2, 0.25) is 0 Å². The molecule has 0 aromatic rings. The van der Waals surface area contributed by atoms with Crippen molar-refractivity contribution in [3.05, 3.63) is 12.3 Å². The highest BCUT2D eigenvalue weighted by atomic mass is 16.5. The molecule has 0 aromatic heterocycles. The van der Waals surface area contributed by atoms with Crippen LogP contribution in [0.5, 0.6) is 0 Å². The van der Waals surface area contributed by atoms with Gasteiger partial charge in [-0.1, -0.05) is 0 Å². The number of aliphatic hydroxyl groups is 1. The molecule has 3 nitrogen and oxygen atoms in total. The highest BCUT2D eigenvalue weighted by Crippen LogP contribution is 2.43. The van der Waals surface area contributed by atoms with Crippen LogP contribution < -0.4 is 0 Å². The van der Waals surface area contributed by atoms with Crippen LogP contribution in [0.1, 0.15) is 12.8 Å². The van der Waals surface area contributed by atoms with Crippen molar-refractivity contribution in [2.45, 2.75) is 25.0 Å². The van der Waals surface area contributed by atoms with Crippen LogP contribution in [0.3, 0.4) is 0 Å². The molecular weight excluding hydrogens is 168 g/mol. The fourth-order valence-corrected chi connectivity index (χ4v) is 2.49. The summed E-state index contributed by atoms with van der Waals surface area (Å²) in [6.45, 7) is 0.222. The minimum absolute atomic E-state index is 0.222. The smallest absolute Gasteiger partial charge is 0.0788 e. The fourth-order valence-electron chi connectivity index (χ4n) is 2.49. The molecule has 0 saturated carbocycles. The molecule has 13 heavy (non-hydrogen) atoms. The Hall–Kier alpha value is -0.540. The number of methoxy groups -OCH3 is 1. The van der Waals surface area contributed by atoms with Gasteiger partial charge in [0.25, 0.3) is 0 Å². The Bertz CT molecular complexity index is 202. The molecule has 74 valence electrons. The quantitative estimate of drug-likeness (QED) is 0.663. The maximum absolute atomic E-state index is 9.20. The van der Waals surface area contributed by atoms with E-state index in [0.717, 1.165) is 12.8 Å². The van der Waals surface area contributed by atoms with E-state index in [2.05, 4.69) is 0 Å². The molecule has 4 atom stereocenters. The molecule has 0 aromatic carbocycles. The fraction of sp³-hybridized carbons (Fsp3) is 0.800. The lowest BCUT2D eigenvalue weighted by Gasteiger charge is -2.23. The Kier molecular flexibility index (Phi) is 2.56.